The van der Waals surface area contributed by atoms with Crippen molar-refractivity contribution in [1.82, 2.24) is 5.32 Å². The molecule has 0 aromatic heterocycles. The predicted molar refractivity (Wildman–Crippen MR) is 75.1 cm³/mol. The Labute approximate surface area is 112 Å². The molecule has 1 aromatic rings. The lowest BCUT2D eigenvalue weighted by atomic mass is 10.0. The first-order valence-electron chi connectivity index (χ1n) is 6.48. The summed E-state index contributed by atoms with van der Waals surface area (Å²) in [5.74, 6) is 0.194. The first-order valence-corrected chi connectivity index (χ1v) is 7.36. The van der Waals surface area contributed by atoms with Crippen molar-refractivity contribution in [3.63, 3.8) is 0 Å². The molecule has 2 heterocycles. The molecule has 2 aliphatic heterocycles. The van der Waals surface area contributed by atoms with E-state index in [0.717, 1.165) is 12.2 Å². The second-order valence-corrected chi connectivity index (χ2v) is 6.42. The lowest BCUT2D eigenvalue weighted by molar-refractivity contribution is -0.117. The molecule has 18 heavy (non-hydrogen) atoms. The van der Waals surface area contributed by atoms with Gasteiger partial charge in [0.25, 0.3) is 0 Å². The lowest BCUT2D eigenvalue weighted by Gasteiger charge is -2.30. The Morgan fingerprint density at radius 2 is 2.28 bits per heavy atom. The van der Waals surface area contributed by atoms with Crippen LogP contribution in [-0.4, -0.2) is 24.7 Å². The Morgan fingerprint density at radius 1 is 1.44 bits per heavy atom. The summed E-state index contributed by atoms with van der Waals surface area (Å²) in [5.41, 5.74) is 2.40. The maximum Gasteiger partial charge on any atom is 0.239 e. The Hall–Kier alpha value is -1.00. The van der Waals surface area contributed by atoms with E-state index in [1.54, 1.807) is 16.7 Å². The van der Waals surface area contributed by atoms with E-state index >= 15 is 0 Å². The fourth-order valence-electron chi connectivity index (χ4n) is 2.72. The van der Waals surface area contributed by atoms with Crippen LogP contribution in [0.2, 0.25) is 0 Å². The average molecular weight is 262 g/mol. The number of benzene rings is 1. The molecule has 0 saturated carbocycles. The molecule has 1 N–H and O–H groups in total. The van der Waals surface area contributed by atoms with Gasteiger partial charge in [0.15, 0.2) is 0 Å². The Kier molecular flexibility index (Phi) is 3.08. The van der Waals surface area contributed by atoms with Crippen LogP contribution in [0.15, 0.2) is 23.1 Å². The molecule has 2 unspecified atom stereocenters. The second-order valence-electron chi connectivity index (χ2n) is 5.03. The quantitative estimate of drug-likeness (QED) is 0.844. The van der Waals surface area contributed by atoms with E-state index in [-0.39, 0.29) is 11.2 Å². The number of rotatable bonds is 1. The number of carbonyl (C=O) groups is 1. The SMILES string of the molecule is CC1Sc2cc(C3CCCN3)ccc2N(C)C1=O. The molecule has 1 aromatic carbocycles. The van der Waals surface area contributed by atoms with Crippen molar-refractivity contribution in [1.29, 1.82) is 0 Å². The van der Waals surface area contributed by atoms with Gasteiger partial charge in [-0.2, -0.15) is 0 Å². The highest BCUT2D eigenvalue weighted by Crippen LogP contribution is 2.40. The first kappa shape index (κ1) is 12.1. The molecular formula is C14H18N2OS. The van der Waals surface area contributed by atoms with Crippen molar-refractivity contribution in [3.8, 4) is 0 Å². The molecule has 1 fully saturated rings. The van der Waals surface area contributed by atoms with Gasteiger partial charge in [0.2, 0.25) is 5.91 Å². The number of carbonyl (C=O) groups excluding carboxylic acids is 1. The second kappa shape index (κ2) is 4.59. The number of nitrogens with zero attached hydrogens (tertiary/aromatic N) is 1. The van der Waals surface area contributed by atoms with Gasteiger partial charge >= 0.3 is 0 Å². The highest BCUT2D eigenvalue weighted by molar-refractivity contribution is 8.01. The molecule has 0 bridgehead atoms. The predicted octanol–water partition coefficient (Wildman–Crippen LogP) is 2.57. The molecule has 2 atom stereocenters. The van der Waals surface area contributed by atoms with Crippen LogP contribution in [0.5, 0.6) is 0 Å². The van der Waals surface area contributed by atoms with Gasteiger partial charge in [0.05, 0.1) is 10.9 Å². The summed E-state index contributed by atoms with van der Waals surface area (Å²) in [6.45, 7) is 3.09. The largest absolute Gasteiger partial charge is 0.313 e. The van der Waals surface area contributed by atoms with Gasteiger partial charge in [-0.1, -0.05) is 6.07 Å². The third kappa shape index (κ3) is 1.93. The topological polar surface area (TPSA) is 32.3 Å². The number of hydrogen-bond acceptors (Lipinski definition) is 3. The standard InChI is InChI=1S/C14H18N2OS/c1-9-14(17)16(2)12-6-5-10(8-13(12)18-9)11-4-3-7-15-11/h5-6,8-9,11,15H,3-4,7H2,1-2H3. The third-order valence-corrected chi connectivity index (χ3v) is 4.93. The van der Waals surface area contributed by atoms with E-state index in [2.05, 4.69) is 23.5 Å². The number of nitrogens with one attached hydrogen (secondary N) is 1. The van der Waals surface area contributed by atoms with Gasteiger partial charge in [-0.25, -0.2) is 0 Å². The van der Waals surface area contributed by atoms with Crippen molar-refractivity contribution in [2.24, 2.45) is 0 Å². The summed E-state index contributed by atoms with van der Waals surface area (Å²) in [4.78, 5) is 14.9. The van der Waals surface area contributed by atoms with Crippen LogP contribution in [0.3, 0.4) is 0 Å². The molecule has 0 radical (unpaired) electrons. The highest BCUT2D eigenvalue weighted by atomic mass is 32.2. The monoisotopic (exact) mass is 262 g/mol. The van der Waals surface area contributed by atoms with Gasteiger partial charge < -0.3 is 10.2 Å². The van der Waals surface area contributed by atoms with Crippen molar-refractivity contribution < 1.29 is 4.79 Å². The molecule has 4 heteroatoms. The summed E-state index contributed by atoms with van der Waals surface area (Å²) in [5, 5.41) is 3.54. The van der Waals surface area contributed by atoms with Crippen molar-refractivity contribution in [3.05, 3.63) is 23.8 Å². The summed E-state index contributed by atoms with van der Waals surface area (Å²) in [6.07, 6.45) is 2.47. The first-order chi connectivity index (χ1) is 8.66. The maximum atomic E-state index is 11.9. The molecule has 1 saturated heterocycles. The molecule has 0 spiro atoms. The molecule has 2 aliphatic rings. The smallest absolute Gasteiger partial charge is 0.239 e. The van der Waals surface area contributed by atoms with E-state index in [1.165, 1.54) is 23.3 Å². The fourth-order valence-corrected chi connectivity index (χ4v) is 3.89. The van der Waals surface area contributed by atoms with Crippen LogP contribution < -0.4 is 10.2 Å². The normalized spacial score (nSPS) is 27.4. The molecule has 1 amide bonds. The van der Waals surface area contributed by atoms with Crippen molar-refractivity contribution >= 4 is 23.4 Å². The van der Waals surface area contributed by atoms with Gasteiger partial charge in [-0.05, 0) is 44.0 Å². The molecule has 3 rings (SSSR count). The van der Waals surface area contributed by atoms with Crippen LogP contribution >= 0.6 is 11.8 Å². The Bertz CT molecular complexity index is 483. The van der Waals surface area contributed by atoms with Crippen LogP contribution in [0, 0.1) is 0 Å². The van der Waals surface area contributed by atoms with Gasteiger partial charge in [-0.3, -0.25) is 4.79 Å². The lowest BCUT2D eigenvalue weighted by Crippen LogP contribution is -2.36. The van der Waals surface area contributed by atoms with E-state index < -0.39 is 0 Å². The number of amides is 1. The summed E-state index contributed by atoms with van der Waals surface area (Å²) in [6, 6.07) is 6.99. The molecule has 3 nitrogen and oxygen atoms in total. The minimum Gasteiger partial charge on any atom is -0.313 e. The van der Waals surface area contributed by atoms with Gasteiger partial charge in [-0.15, -0.1) is 11.8 Å². The summed E-state index contributed by atoms with van der Waals surface area (Å²) in [7, 11) is 1.87. The molecule has 0 aliphatic carbocycles. The Balaban J connectivity index is 1.95. The average Bonchev–Trinajstić information content (AvgIpc) is 2.89. The zero-order valence-electron chi connectivity index (χ0n) is 10.8. The highest BCUT2D eigenvalue weighted by Gasteiger charge is 2.29. The number of fused-ring (bicyclic) bond motifs is 1. The maximum absolute atomic E-state index is 11.9. The third-order valence-electron chi connectivity index (χ3n) is 3.79. The number of anilines is 1. The van der Waals surface area contributed by atoms with E-state index in [4.69, 9.17) is 0 Å². The summed E-state index contributed by atoms with van der Waals surface area (Å²) >= 11 is 1.68. The molecular weight excluding hydrogens is 244 g/mol. The van der Waals surface area contributed by atoms with Crippen molar-refractivity contribution in [2.45, 2.75) is 36.0 Å². The number of hydrogen-bond donors (Lipinski definition) is 1. The van der Waals surface area contributed by atoms with Crippen LogP contribution in [0.25, 0.3) is 0 Å². The van der Waals surface area contributed by atoms with Crippen LogP contribution in [-0.2, 0) is 4.79 Å². The van der Waals surface area contributed by atoms with Crippen molar-refractivity contribution in [2.75, 3.05) is 18.5 Å². The van der Waals surface area contributed by atoms with E-state index in [1.807, 2.05) is 14.0 Å². The van der Waals surface area contributed by atoms with E-state index in [0.29, 0.717) is 6.04 Å². The van der Waals surface area contributed by atoms with Crippen LogP contribution in [0.1, 0.15) is 31.4 Å². The zero-order chi connectivity index (χ0) is 12.7. The zero-order valence-corrected chi connectivity index (χ0v) is 11.6. The van der Waals surface area contributed by atoms with E-state index in [9.17, 15) is 4.79 Å². The summed E-state index contributed by atoms with van der Waals surface area (Å²) < 4.78 is 0. The minimum absolute atomic E-state index is 0.0225. The van der Waals surface area contributed by atoms with Gasteiger partial charge in [0, 0.05) is 18.0 Å². The fraction of sp³-hybridized carbons (Fsp3) is 0.500. The molecule has 96 valence electrons. The Morgan fingerprint density at radius 3 is 3.00 bits per heavy atom. The minimum atomic E-state index is 0.0225. The number of thioether (sulfide) groups is 1. The van der Waals surface area contributed by atoms with Crippen LogP contribution in [0.4, 0.5) is 5.69 Å². The van der Waals surface area contributed by atoms with Gasteiger partial charge in [0.1, 0.15) is 0 Å².